The smallest absolute Gasteiger partial charge is 0.138 e. The summed E-state index contributed by atoms with van der Waals surface area (Å²) in [7, 11) is 0. The highest BCUT2D eigenvalue weighted by molar-refractivity contribution is 9.10. The Labute approximate surface area is 97.0 Å². The Kier molecular flexibility index (Phi) is 3.80. The molecular formula is C9H13BrN2OS. The number of nitrogens with one attached hydrogen (secondary N) is 1. The maximum Gasteiger partial charge on any atom is 0.138 e. The molecule has 1 rings (SSSR count). The van der Waals surface area contributed by atoms with Crippen molar-refractivity contribution in [1.82, 2.24) is 9.97 Å². The average Bonchev–Trinajstić information content (AvgIpc) is 2.09. The lowest BCUT2D eigenvalue weighted by atomic mass is 10.1. The Balaban J connectivity index is 3.07. The van der Waals surface area contributed by atoms with Gasteiger partial charge in [-0.25, -0.2) is 4.98 Å². The second kappa shape index (κ2) is 4.51. The highest BCUT2D eigenvalue weighted by Crippen LogP contribution is 2.21. The van der Waals surface area contributed by atoms with E-state index in [4.69, 9.17) is 17.0 Å². The summed E-state index contributed by atoms with van der Waals surface area (Å²) >= 11 is 8.39. The van der Waals surface area contributed by atoms with Crippen LogP contribution in [0.15, 0.2) is 10.7 Å². The number of ether oxygens (including phenoxy) is 1. The maximum atomic E-state index is 5.55. The maximum absolute atomic E-state index is 5.55. The fourth-order valence-electron chi connectivity index (χ4n) is 1.11. The van der Waals surface area contributed by atoms with Gasteiger partial charge in [-0.2, -0.15) is 0 Å². The Morgan fingerprint density at radius 2 is 2.29 bits per heavy atom. The third-order valence-electron chi connectivity index (χ3n) is 1.83. The fourth-order valence-corrected chi connectivity index (χ4v) is 1.47. The first-order chi connectivity index (χ1) is 6.47. The number of halogens is 1. The van der Waals surface area contributed by atoms with Gasteiger partial charge in [-0.05, 0) is 36.7 Å². The number of aromatic amines is 1. The van der Waals surface area contributed by atoms with E-state index < -0.39 is 5.60 Å². The van der Waals surface area contributed by atoms with E-state index in [-0.39, 0.29) is 0 Å². The summed E-state index contributed by atoms with van der Waals surface area (Å²) in [6.07, 6.45) is 1.69. The summed E-state index contributed by atoms with van der Waals surface area (Å²) in [5.74, 6) is 0.743. The molecule has 1 aromatic rings. The van der Waals surface area contributed by atoms with Crippen LogP contribution in [0, 0.1) is 4.64 Å². The van der Waals surface area contributed by atoms with E-state index in [1.807, 2.05) is 20.8 Å². The largest absolute Gasteiger partial charge is 0.368 e. The van der Waals surface area contributed by atoms with Crippen molar-refractivity contribution in [2.24, 2.45) is 0 Å². The monoisotopic (exact) mass is 276 g/mol. The standard InChI is InChI=1S/C9H13BrN2OS/c1-4-13-9(2,3)8-11-5-6(10)7(14)12-8/h5H,4H2,1-3H3,(H,11,12,14). The van der Waals surface area contributed by atoms with Crippen LogP contribution in [0.4, 0.5) is 0 Å². The van der Waals surface area contributed by atoms with Crippen molar-refractivity contribution >= 4 is 28.1 Å². The van der Waals surface area contributed by atoms with Crippen molar-refractivity contribution in [3.63, 3.8) is 0 Å². The van der Waals surface area contributed by atoms with Crippen LogP contribution in [0.2, 0.25) is 0 Å². The second-order valence-corrected chi connectivity index (χ2v) is 4.61. The summed E-state index contributed by atoms with van der Waals surface area (Å²) in [5, 5.41) is 0. The molecule has 14 heavy (non-hydrogen) atoms. The van der Waals surface area contributed by atoms with Crippen LogP contribution in [0.1, 0.15) is 26.6 Å². The lowest BCUT2D eigenvalue weighted by molar-refractivity contribution is -0.0209. The minimum absolute atomic E-state index is 0.428. The minimum atomic E-state index is -0.428. The Morgan fingerprint density at radius 1 is 1.64 bits per heavy atom. The molecule has 0 amide bonds. The summed E-state index contributed by atoms with van der Waals surface area (Å²) in [6.45, 7) is 6.51. The molecule has 1 aromatic heterocycles. The molecule has 5 heteroatoms. The molecule has 78 valence electrons. The quantitative estimate of drug-likeness (QED) is 0.862. The van der Waals surface area contributed by atoms with Crippen LogP contribution in [-0.2, 0) is 10.3 Å². The Bertz CT molecular complexity index is 375. The molecule has 0 aromatic carbocycles. The third kappa shape index (κ3) is 2.62. The Hall–Kier alpha value is -0.260. The molecule has 0 fully saturated rings. The number of nitrogens with zero attached hydrogens (tertiary/aromatic N) is 1. The van der Waals surface area contributed by atoms with Crippen molar-refractivity contribution in [3.05, 3.63) is 21.1 Å². The van der Waals surface area contributed by atoms with Gasteiger partial charge >= 0.3 is 0 Å². The SMILES string of the molecule is CCOC(C)(C)c1ncc(Br)c(=S)[nH]1. The van der Waals surface area contributed by atoms with E-state index in [0.29, 0.717) is 11.2 Å². The van der Waals surface area contributed by atoms with E-state index in [1.165, 1.54) is 0 Å². The molecule has 0 atom stereocenters. The van der Waals surface area contributed by atoms with Crippen molar-refractivity contribution in [1.29, 1.82) is 0 Å². The van der Waals surface area contributed by atoms with Gasteiger partial charge in [-0.1, -0.05) is 12.2 Å². The molecule has 1 heterocycles. The summed E-state index contributed by atoms with van der Waals surface area (Å²) in [4.78, 5) is 7.27. The zero-order chi connectivity index (χ0) is 10.8. The van der Waals surface area contributed by atoms with Gasteiger partial charge in [0.1, 0.15) is 16.1 Å². The fraction of sp³-hybridized carbons (Fsp3) is 0.556. The average molecular weight is 277 g/mol. The molecule has 0 bridgehead atoms. The molecule has 0 aliphatic carbocycles. The van der Waals surface area contributed by atoms with Crippen LogP contribution in [0.3, 0.4) is 0 Å². The topological polar surface area (TPSA) is 37.9 Å². The van der Waals surface area contributed by atoms with Crippen molar-refractivity contribution in [2.75, 3.05) is 6.61 Å². The first-order valence-electron chi connectivity index (χ1n) is 4.36. The van der Waals surface area contributed by atoms with Crippen LogP contribution in [0.25, 0.3) is 0 Å². The first-order valence-corrected chi connectivity index (χ1v) is 5.56. The molecular weight excluding hydrogens is 264 g/mol. The zero-order valence-corrected chi connectivity index (χ0v) is 10.8. The number of hydrogen-bond acceptors (Lipinski definition) is 3. The van der Waals surface area contributed by atoms with E-state index in [1.54, 1.807) is 6.20 Å². The molecule has 0 radical (unpaired) electrons. The van der Waals surface area contributed by atoms with Gasteiger partial charge in [0.25, 0.3) is 0 Å². The first kappa shape index (κ1) is 11.8. The van der Waals surface area contributed by atoms with E-state index in [2.05, 4.69) is 25.9 Å². The zero-order valence-electron chi connectivity index (χ0n) is 8.43. The normalized spacial score (nSPS) is 11.7. The van der Waals surface area contributed by atoms with Crippen LogP contribution >= 0.6 is 28.1 Å². The predicted molar refractivity (Wildman–Crippen MR) is 61.8 cm³/mol. The second-order valence-electron chi connectivity index (χ2n) is 3.35. The Morgan fingerprint density at radius 3 is 2.79 bits per heavy atom. The third-order valence-corrected chi connectivity index (χ3v) is 3.02. The van der Waals surface area contributed by atoms with Crippen LogP contribution in [-0.4, -0.2) is 16.6 Å². The molecule has 0 aliphatic heterocycles. The molecule has 0 saturated carbocycles. The highest BCUT2D eigenvalue weighted by atomic mass is 79.9. The van der Waals surface area contributed by atoms with Gasteiger partial charge in [0.2, 0.25) is 0 Å². The number of hydrogen-bond donors (Lipinski definition) is 1. The summed E-state index contributed by atoms with van der Waals surface area (Å²) in [6, 6.07) is 0. The van der Waals surface area contributed by atoms with Gasteiger partial charge in [0, 0.05) is 12.8 Å². The number of rotatable bonds is 3. The van der Waals surface area contributed by atoms with Crippen molar-refractivity contribution < 1.29 is 4.74 Å². The van der Waals surface area contributed by atoms with Gasteiger partial charge in [-0.15, -0.1) is 0 Å². The van der Waals surface area contributed by atoms with Gasteiger partial charge in [0.15, 0.2) is 0 Å². The van der Waals surface area contributed by atoms with Crippen molar-refractivity contribution in [3.8, 4) is 0 Å². The highest BCUT2D eigenvalue weighted by Gasteiger charge is 2.23. The lowest BCUT2D eigenvalue weighted by Gasteiger charge is -2.23. The van der Waals surface area contributed by atoms with Crippen molar-refractivity contribution in [2.45, 2.75) is 26.4 Å². The van der Waals surface area contributed by atoms with Gasteiger partial charge in [0.05, 0.1) is 4.47 Å². The minimum Gasteiger partial charge on any atom is -0.368 e. The van der Waals surface area contributed by atoms with Crippen LogP contribution < -0.4 is 0 Å². The summed E-state index contributed by atoms with van der Waals surface area (Å²) < 4.78 is 6.99. The summed E-state index contributed by atoms with van der Waals surface area (Å²) in [5.41, 5.74) is -0.428. The molecule has 0 saturated heterocycles. The molecule has 1 N–H and O–H groups in total. The van der Waals surface area contributed by atoms with E-state index >= 15 is 0 Å². The van der Waals surface area contributed by atoms with Gasteiger partial charge in [-0.3, -0.25) is 0 Å². The van der Waals surface area contributed by atoms with Gasteiger partial charge < -0.3 is 9.72 Å². The molecule has 0 spiro atoms. The van der Waals surface area contributed by atoms with E-state index in [0.717, 1.165) is 10.3 Å². The predicted octanol–water partition coefficient (Wildman–Crippen LogP) is 3.17. The molecule has 0 unspecified atom stereocenters. The number of aromatic nitrogens is 2. The van der Waals surface area contributed by atoms with E-state index in [9.17, 15) is 0 Å². The molecule has 3 nitrogen and oxygen atoms in total. The number of H-pyrrole nitrogens is 1. The van der Waals surface area contributed by atoms with Crippen LogP contribution in [0.5, 0.6) is 0 Å². The molecule has 0 aliphatic rings. The lowest BCUT2D eigenvalue weighted by Crippen LogP contribution is -2.24.